The predicted molar refractivity (Wildman–Crippen MR) is 85.3 cm³/mol. The Balaban J connectivity index is 2.13. The summed E-state index contributed by atoms with van der Waals surface area (Å²) in [6.45, 7) is 0. The van der Waals surface area contributed by atoms with Crippen molar-refractivity contribution in [1.29, 1.82) is 10.5 Å². The summed E-state index contributed by atoms with van der Waals surface area (Å²) in [4.78, 5) is -0.988. The van der Waals surface area contributed by atoms with Crippen molar-refractivity contribution < 1.29 is 26.3 Å². The van der Waals surface area contributed by atoms with Crippen LogP contribution in [0.5, 0.6) is 11.5 Å². The number of hydrogen-bond acceptors (Lipinski definition) is 6. The Morgan fingerprint density at radius 1 is 1.07 bits per heavy atom. The van der Waals surface area contributed by atoms with E-state index < -0.39 is 20.2 Å². The Morgan fingerprint density at radius 2 is 1.70 bits per heavy atom. The standard InChI is InChI=1S/C16H7F3N4O3S/c17-16(18,19)27(24,25)14-2-1-13(12-8-22-23-15(12)14)26-11-4-9(6-20)3-10(5-11)7-21/h1-5,8H,(H,22,23). The van der Waals surface area contributed by atoms with E-state index in [4.69, 9.17) is 15.3 Å². The Labute approximate surface area is 150 Å². The van der Waals surface area contributed by atoms with Gasteiger partial charge in [0, 0.05) is 0 Å². The Bertz CT molecular complexity index is 1200. The summed E-state index contributed by atoms with van der Waals surface area (Å²) in [7, 11) is -5.60. The maximum Gasteiger partial charge on any atom is 0.501 e. The van der Waals surface area contributed by atoms with Gasteiger partial charge in [-0.3, -0.25) is 5.10 Å². The summed E-state index contributed by atoms with van der Waals surface area (Å²) in [5.74, 6) is 0.0818. The molecule has 3 rings (SSSR count). The molecule has 0 amide bonds. The van der Waals surface area contributed by atoms with E-state index in [-0.39, 0.29) is 33.5 Å². The highest BCUT2D eigenvalue weighted by molar-refractivity contribution is 7.92. The Morgan fingerprint density at radius 3 is 2.26 bits per heavy atom. The highest BCUT2D eigenvalue weighted by Gasteiger charge is 2.48. The average molecular weight is 392 g/mol. The predicted octanol–water partition coefficient (Wildman–Crippen LogP) is 3.39. The first-order valence-electron chi connectivity index (χ1n) is 7.08. The average Bonchev–Trinajstić information content (AvgIpc) is 3.10. The molecule has 0 radical (unpaired) electrons. The van der Waals surface area contributed by atoms with E-state index in [2.05, 4.69) is 10.2 Å². The van der Waals surface area contributed by atoms with E-state index >= 15 is 0 Å². The van der Waals surface area contributed by atoms with Crippen molar-refractivity contribution in [1.82, 2.24) is 10.2 Å². The van der Waals surface area contributed by atoms with E-state index in [0.29, 0.717) is 0 Å². The number of rotatable bonds is 3. The van der Waals surface area contributed by atoms with E-state index in [1.54, 1.807) is 0 Å². The molecule has 2 aromatic carbocycles. The lowest BCUT2D eigenvalue weighted by Crippen LogP contribution is -2.23. The highest BCUT2D eigenvalue weighted by atomic mass is 32.2. The number of ether oxygens (including phenoxy) is 1. The molecule has 27 heavy (non-hydrogen) atoms. The molecule has 0 saturated carbocycles. The molecular formula is C16H7F3N4O3S. The summed E-state index contributed by atoms with van der Waals surface area (Å²) < 4.78 is 67.5. The number of nitriles is 2. The molecule has 0 spiro atoms. The molecule has 1 N–H and O–H groups in total. The van der Waals surface area contributed by atoms with Gasteiger partial charge < -0.3 is 4.74 Å². The van der Waals surface area contributed by atoms with Crippen LogP contribution in [0.15, 0.2) is 41.4 Å². The maximum atomic E-state index is 12.9. The van der Waals surface area contributed by atoms with Gasteiger partial charge in [0.15, 0.2) is 0 Å². The lowest BCUT2D eigenvalue weighted by Gasteiger charge is -2.12. The van der Waals surface area contributed by atoms with Crippen LogP contribution in [-0.2, 0) is 9.84 Å². The van der Waals surface area contributed by atoms with E-state index in [9.17, 15) is 21.6 Å². The van der Waals surface area contributed by atoms with Crippen molar-refractivity contribution in [2.45, 2.75) is 10.4 Å². The Kier molecular flexibility index (Phi) is 4.25. The van der Waals surface area contributed by atoms with Gasteiger partial charge in [-0.1, -0.05) is 0 Å². The monoisotopic (exact) mass is 392 g/mol. The van der Waals surface area contributed by atoms with Crippen molar-refractivity contribution in [2.24, 2.45) is 0 Å². The molecule has 0 aliphatic heterocycles. The first-order chi connectivity index (χ1) is 12.7. The number of sulfone groups is 1. The van der Waals surface area contributed by atoms with Crippen molar-refractivity contribution in [3.8, 4) is 23.6 Å². The zero-order valence-corrected chi connectivity index (χ0v) is 13.9. The fourth-order valence-electron chi connectivity index (χ4n) is 2.34. The smallest absolute Gasteiger partial charge is 0.457 e. The van der Waals surface area contributed by atoms with Gasteiger partial charge >= 0.3 is 5.51 Å². The number of alkyl halides is 3. The minimum Gasteiger partial charge on any atom is -0.457 e. The van der Waals surface area contributed by atoms with Crippen LogP contribution >= 0.6 is 0 Å². The number of halogens is 3. The quantitative estimate of drug-likeness (QED) is 0.730. The van der Waals surface area contributed by atoms with Gasteiger partial charge in [0.25, 0.3) is 9.84 Å². The number of H-pyrrole nitrogens is 1. The summed E-state index contributed by atoms with van der Waals surface area (Å²) >= 11 is 0. The first-order valence-corrected chi connectivity index (χ1v) is 8.56. The zero-order valence-electron chi connectivity index (χ0n) is 13.1. The number of benzene rings is 2. The lowest BCUT2D eigenvalue weighted by molar-refractivity contribution is -0.0435. The van der Waals surface area contributed by atoms with Gasteiger partial charge in [0.05, 0.1) is 40.4 Å². The van der Waals surface area contributed by atoms with Crippen molar-refractivity contribution in [2.75, 3.05) is 0 Å². The maximum absolute atomic E-state index is 12.9. The summed E-state index contributed by atoms with van der Waals surface area (Å²) in [5.41, 5.74) is -5.56. The van der Waals surface area contributed by atoms with Gasteiger partial charge in [0.1, 0.15) is 16.4 Å². The minimum absolute atomic E-state index is 0.00106. The highest BCUT2D eigenvalue weighted by Crippen LogP contribution is 2.38. The molecular weight excluding hydrogens is 385 g/mol. The number of aromatic amines is 1. The largest absolute Gasteiger partial charge is 0.501 e. The molecule has 7 nitrogen and oxygen atoms in total. The minimum atomic E-state index is -5.60. The fourth-order valence-corrected chi connectivity index (χ4v) is 3.26. The van der Waals surface area contributed by atoms with Crippen LogP contribution in [0.25, 0.3) is 10.9 Å². The molecule has 3 aromatic rings. The Hall–Kier alpha value is -3.57. The fraction of sp³-hybridized carbons (Fsp3) is 0.0625. The molecule has 0 unspecified atom stereocenters. The van der Waals surface area contributed by atoms with Crippen LogP contribution in [0.1, 0.15) is 11.1 Å². The van der Waals surface area contributed by atoms with Crippen LogP contribution in [0.3, 0.4) is 0 Å². The second-order valence-corrected chi connectivity index (χ2v) is 7.15. The van der Waals surface area contributed by atoms with Gasteiger partial charge in [-0.15, -0.1) is 0 Å². The molecule has 0 bridgehead atoms. The number of hydrogen-bond donors (Lipinski definition) is 1. The molecule has 0 aliphatic carbocycles. The van der Waals surface area contributed by atoms with Crippen molar-refractivity contribution in [3.05, 3.63) is 47.7 Å². The van der Waals surface area contributed by atoms with Crippen molar-refractivity contribution in [3.63, 3.8) is 0 Å². The molecule has 11 heteroatoms. The molecule has 1 aromatic heterocycles. The molecule has 0 atom stereocenters. The van der Waals surface area contributed by atoms with Crippen LogP contribution in [0.2, 0.25) is 0 Å². The number of nitrogens with one attached hydrogen (secondary N) is 1. The summed E-state index contributed by atoms with van der Waals surface area (Å²) in [6, 6.07) is 9.48. The molecule has 0 aliphatic rings. The molecule has 1 heterocycles. The molecule has 0 saturated heterocycles. The lowest BCUT2D eigenvalue weighted by atomic mass is 10.1. The second kappa shape index (κ2) is 6.30. The number of fused-ring (bicyclic) bond motifs is 1. The number of nitrogens with zero attached hydrogens (tertiary/aromatic N) is 3. The van der Waals surface area contributed by atoms with Gasteiger partial charge in [-0.2, -0.15) is 28.8 Å². The second-order valence-electron chi connectivity index (χ2n) is 5.24. The van der Waals surface area contributed by atoms with Gasteiger partial charge in [-0.25, -0.2) is 8.42 Å². The van der Waals surface area contributed by atoms with Crippen LogP contribution in [0.4, 0.5) is 13.2 Å². The molecule has 136 valence electrons. The zero-order chi connectivity index (χ0) is 19.8. The van der Waals surface area contributed by atoms with Gasteiger partial charge in [-0.05, 0) is 30.3 Å². The topological polar surface area (TPSA) is 120 Å². The van der Waals surface area contributed by atoms with E-state index in [0.717, 1.165) is 18.3 Å². The van der Waals surface area contributed by atoms with Crippen LogP contribution in [0, 0.1) is 22.7 Å². The third kappa shape index (κ3) is 3.16. The summed E-state index contributed by atoms with van der Waals surface area (Å²) in [6.07, 6.45) is 1.11. The van der Waals surface area contributed by atoms with Crippen molar-refractivity contribution >= 4 is 20.7 Å². The van der Waals surface area contributed by atoms with E-state index in [1.165, 1.54) is 18.2 Å². The third-order valence-corrected chi connectivity index (χ3v) is 5.05. The molecule has 0 fully saturated rings. The van der Waals surface area contributed by atoms with Crippen LogP contribution < -0.4 is 4.74 Å². The number of aromatic nitrogens is 2. The van der Waals surface area contributed by atoms with Crippen LogP contribution in [-0.4, -0.2) is 24.1 Å². The SMILES string of the molecule is N#Cc1cc(C#N)cc(Oc2ccc(S(=O)(=O)C(F)(F)F)c3[nH]ncc23)c1. The normalized spacial score (nSPS) is 11.7. The summed E-state index contributed by atoms with van der Waals surface area (Å²) in [5, 5.41) is 23.8. The van der Waals surface area contributed by atoms with Gasteiger partial charge in [0.2, 0.25) is 0 Å². The van der Waals surface area contributed by atoms with E-state index in [1.807, 2.05) is 12.1 Å². The first kappa shape index (κ1) is 18.2. The third-order valence-electron chi connectivity index (χ3n) is 3.52.